The summed E-state index contributed by atoms with van der Waals surface area (Å²) in [5.74, 6) is 0. The van der Waals surface area contributed by atoms with Gasteiger partial charge in [0.25, 0.3) is 5.56 Å². The third-order valence-electron chi connectivity index (χ3n) is 1.94. The summed E-state index contributed by atoms with van der Waals surface area (Å²) in [6, 6.07) is 3.76. The molecule has 70 valence electrons. The molecular weight excluding hydrogens is 178 g/mol. The monoisotopic (exact) mass is 187 g/mol. The molecule has 14 heavy (non-hydrogen) atoms. The lowest BCUT2D eigenvalue weighted by molar-refractivity contribution is 1.02. The molecule has 0 radical (unpaired) electrons. The molecule has 0 bridgehead atoms. The summed E-state index contributed by atoms with van der Waals surface area (Å²) in [5.41, 5.74) is 1.63. The predicted octanol–water partition coefficient (Wildman–Crippen LogP) is 0.756. The fraction of sp³-hybridized carbons (Fsp3) is 0.100. The van der Waals surface area contributed by atoms with Crippen molar-refractivity contribution in [2.24, 2.45) is 0 Å². The van der Waals surface area contributed by atoms with E-state index in [-0.39, 0.29) is 5.56 Å². The number of nitrogens with one attached hydrogen (secondary N) is 1. The number of pyridine rings is 1. The lowest BCUT2D eigenvalue weighted by atomic mass is 10.1. The average molecular weight is 187 g/mol. The van der Waals surface area contributed by atoms with E-state index in [4.69, 9.17) is 0 Å². The maximum atomic E-state index is 11.3. The molecule has 0 aliphatic rings. The summed E-state index contributed by atoms with van der Waals surface area (Å²) in [7, 11) is 0. The smallest absolute Gasteiger partial charge is 0.254 e. The van der Waals surface area contributed by atoms with E-state index >= 15 is 0 Å². The van der Waals surface area contributed by atoms with Crippen LogP contribution in [0.2, 0.25) is 0 Å². The summed E-state index contributed by atoms with van der Waals surface area (Å²) in [4.78, 5) is 21.6. The van der Waals surface area contributed by atoms with Crippen LogP contribution in [0, 0.1) is 0 Å². The molecule has 1 N–H and O–H groups in total. The Morgan fingerprint density at radius 3 is 2.71 bits per heavy atom. The van der Waals surface area contributed by atoms with Crippen LogP contribution in [0.1, 0.15) is 11.1 Å². The Balaban J connectivity index is 2.28. The van der Waals surface area contributed by atoms with Crippen molar-refractivity contribution in [3.63, 3.8) is 0 Å². The summed E-state index contributed by atoms with van der Waals surface area (Å²) in [5, 5.41) is 0. The van der Waals surface area contributed by atoms with E-state index in [1.54, 1.807) is 18.6 Å². The lowest BCUT2D eigenvalue weighted by Gasteiger charge is -1.98. The molecule has 0 aliphatic carbocycles. The second-order valence-electron chi connectivity index (χ2n) is 2.94. The van der Waals surface area contributed by atoms with Crippen molar-refractivity contribution in [3.05, 3.63) is 58.5 Å². The van der Waals surface area contributed by atoms with Gasteiger partial charge in [0, 0.05) is 30.6 Å². The largest absolute Gasteiger partial charge is 0.313 e. The molecule has 2 aromatic rings. The average Bonchev–Trinajstić information content (AvgIpc) is 2.23. The van der Waals surface area contributed by atoms with Gasteiger partial charge >= 0.3 is 0 Å². The van der Waals surface area contributed by atoms with Crippen LogP contribution in [0.4, 0.5) is 0 Å². The maximum absolute atomic E-state index is 11.3. The molecule has 0 aliphatic heterocycles. The molecule has 4 nitrogen and oxygen atoms in total. The van der Waals surface area contributed by atoms with Crippen LogP contribution in [0.5, 0.6) is 0 Å². The van der Waals surface area contributed by atoms with Gasteiger partial charge in [-0.05, 0) is 17.7 Å². The second kappa shape index (κ2) is 3.83. The van der Waals surface area contributed by atoms with Gasteiger partial charge in [-0.3, -0.25) is 9.78 Å². The van der Waals surface area contributed by atoms with Crippen molar-refractivity contribution >= 4 is 0 Å². The highest BCUT2D eigenvalue weighted by Crippen LogP contribution is 2.02. The summed E-state index contributed by atoms with van der Waals surface area (Å²) >= 11 is 0. The molecule has 0 atom stereocenters. The number of nitrogens with zero attached hydrogens (tertiary/aromatic N) is 2. The Morgan fingerprint density at radius 2 is 2.00 bits per heavy atom. The highest BCUT2D eigenvalue weighted by atomic mass is 16.1. The first kappa shape index (κ1) is 8.62. The van der Waals surface area contributed by atoms with Crippen molar-refractivity contribution in [2.75, 3.05) is 0 Å². The Bertz CT molecular complexity index is 464. The topological polar surface area (TPSA) is 58.6 Å². The molecule has 0 spiro atoms. The zero-order valence-electron chi connectivity index (χ0n) is 7.47. The zero-order valence-corrected chi connectivity index (χ0v) is 7.47. The molecule has 2 aromatic heterocycles. The SMILES string of the molecule is O=c1[nH]cncc1Cc1ccncc1. The normalized spacial score (nSPS) is 10.0. The van der Waals surface area contributed by atoms with Gasteiger partial charge in [0.05, 0.1) is 6.33 Å². The fourth-order valence-corrected chi connectivity index (χ4v) is 1.22. The van der Waals surface area contributed by atoms with Crippen molar-refractivity contribution in [1.29, 1.82) is 0 Å². The van der Waals surface area contributed by atoms with E-state index in [1.807, 2.05) is 12.1 Å². The Morgan fingerprint density at radius 1 is 1.21 bits per heavy atom. The van der Waals surface area contributed by atoms with Gasteiger partial charge in [0.2, 0.25) is 0 Å². The number of H-pyrrole nitrogens is 1. The molecule has 0 amide bonds. The second-order valence-corrected chi connectivity index (χ2v) is 2.94. The van der Waals surface area contributed by atoms with Gasteiger partial charge in [0.1, 0.15) is 0 Å². The quantitative estimate of drug-likeness (QED) is 0.754. The van der Waals surface area contributed by atoms with Gasteiger partial charge in [-0.15, -0.1) is 0 Å². The first-order valence-electron chi connectivity index (χ1n) is 4.27. The maximum Gasteiger partial charge on any atom is 0.254 e. The Labute approximate surface area is 80.7 Å². The Hall–Kier alpha value is -1.97. The van der Waals surface area contributed by atoms with Crippen molar-refractivity contribution in [3.8, 4) is 0 Å². The highest BCUT2D eigenvalue weighted by molar-refractivity contribution is 5.19. The van der Waals surface area contributed by atoms with Gasteiger partial charge in [-0.1, -0.05) is 0 Å². The standard InChI is InChI=1S/C10H9N3O/c14-10-9(6-12-7-13-10)5-8-1-3-11-4-2-8/h1-4,6-7H,5H2,(H,12,13,14). The molecule has 2 heterocycles. The van der Waals surface area contributed by atoms with Crippen LogP contribution in [0.25, 0.3) is 0 Å². The van der Waals surface area contributed by atoms with Crippen molar-refractivity contribution < 1.29 is 0 Å². The first-order chi connectivity index (χ1) is 6.86. The minimum atomic E-state index is -0.0863. The first-order valence-corrected chi connectivity index (χ1v) is 4.27. The number of rotatable bonds is 2. The van der Waals surface area contributed by atoms with E-state index < -0.39 is 0 Å². The minimum absolute atomic E-state index is 0.0863. The summed E-state index contributed by atoms with van der Waals surface area (Å²) < 4.78 is 0. The number of hydrogen-bond donors (Lipinski definition) is 1. The molecule has 0 saturated carbocycles. The molecular formula is C10H9N3O. The van der Waals surface area contributed by atoms with Gasteiger partial charge in [0.15, 0.2) is 0 Å². The molecule has 0 unspecified atom stereocenters. The number of hydrogen-bond acceptors (Lipinski definition) is 3. The summed E-state index contributed by atoms with van der Waals surface area (Å²) in [6.45, 7) is 0. The zero-order chi connectivity index (χ0) is 9.80. The van der Waals surface area contributed by atoms with Crippen molar-refractivity contribution in [1.82, 2.24) is 15.0 Å². The molecule has 0 saturated heterocycles. The van der Waals surface area contributed by atoms with Crippen LogP contribution in [0.15, 0.2) is 41.8 Å². The van der Waals surface area contributed by atoms with Crippen LogP contribution in [-0.2, 0) is 6.42 Å². The fourth-order valence-electron chi connectivity index (χ4n) is 1.22. The van der Waals surface area contributed by atoms with E-state index in [1.165, 1.54) is 6.33 Å². The van der Waals surface area contributed by atoms with Crippen LogP contribution < -0.4 is 5.56 Å². The van der Waals surface area contributed by atoms with Gasteiger partial charge in [-0.25, -0.2) is 4.98 Å². The van der Waals surface area contributed by atoms with Crippen LogP contribution in [0.3, 0.4) is 0 Å². The number of aromatic nitrogens is 3. The van der Waals surface area contributed by atoms with Crippen LogP contribution >= 0.6 is 0 Å². The third kappa shape index (κ3) is 1.85. The molecule has 0 fully saturated rings. The third-order valence-corrected chi connectivity index (χ3v) is 1.94. The van der Waals surface area contributed by atoms with Gasteiger partial charge in [-0.2, -0.15) is 0 Å². The lowest BCUT2D eigenvalue weighted by Crippen LogP contribution is -2.12. The van der Waals surface area contributed by atoms with E-state index in [0.29, 0.717) is 12.0 Å². The van der Waals surface area contributed by atoms with Gasteiger partial charge < -0.3 is 4.98 Å². The van der Waals surface area contributed by atoms with E-state index in [2.05, 4.69) is 15.0 Å². The van der Waals surface area contributed by atoms with E-state index in [0.717, 1.165) is 5.56 Å². The molecule has 4 heteroatoms. The molecule has 0 aromatic carbocycles. The predicted molar refractivity (Wildman–Crippen MR) is 51.9 cm³/mol. The highest BCUT2D eigenvalue weighted by Gasteiger charge is 1.99. The molecule has 2 rings (SSSR count). The van der Waals surface area contributed by atoms with Crippen molar-refractivity contribution in [2.45, 2.75) is 6.42 Å². The Kier molecular flexibility index (Phi) is 2.36. The minimum Gasteiger partial charge on any atom is -0.313 e. The van der Waals surface area contributed by atoms with E-state index in [9.17, 15) is 4.79 Å². The van der Waals surface area contributed by atoms with Crippen LogP contribution in [-0.4, -0.2) is 15.0 Å². The summed E-state index contributed by atoms with van der Waals surface area (Å²) in [6.07, 6.45) is 6.98. The number of aromatic amines is 1.